The third-order valence-electron chi connectivity index (χ3n) is 6.04. The number of likely N-dealkylation sites (N-methyl/N-ethyl adjacent to an activating group) is 1. The molecule has 2 aliphatic rings. The van der Waals surface area contributed by atoms with Crippen molar-refractivity contribution in [2.24, 2.45) is 0 Å². The summed E-state index contributed by atoms with van der Waals surface area (Å²) in [5.41, 5.74) is 3.97. The average molecular weight is 388 g/mol. The summed E-state index contributed by atoms with van der Waals surface area (Å²) in [6.07, 6.45) is 3.37. The van der Waals surface area contributed by atoms with Crippen LogP contribution in [0.4, 0.5) is 10.5 Å². The van der Waals surface area contributed by atoms with E-state index in [0.717, 1.165) is 45.7 Å². The van der Waals surface area contributed by atoms with Gasteiger partial charge in [-0.05, 0) is 70.3 Å². The third kappa shape index (κ3) is 4.80. The fraction of sp³-hybridized carbons (Fsp3) is 0.696. The Bertz CT molecular complexity index is 671. The normalized spacial score (nSPS) is 20.3. The van der Waals surface area contributed by atoms with E-state index in [9.17, 15) is 4.79 Å². The molecular weight excluding hydrogens is 350 g/mol. The van der Waals surface area contributed by atoms with E-state index in [1.54, 1.807) is 0 Å². The van der Waals surface area contributed by atoms with E-state index >= 15 is 0 Å². The van der Waals surface area contributed by atoms with Gasteiger partial charge in [-0.2, -0.15) is 0 Å². The van der Waals surface area contributed by atoms with Crippen LogP contribution in [-0.2, 0) is 17.6 Å². The molecule has 3 rings (SSSR count). The van der Waals surface area contributed by atoms with Gasteiger partial charge in [0.25, 0.3) is 0 Å². The molecule has 5 heteroatoms. The van der Waals surface area contributed by atoms with Crippen LogP contribution in [0.1, 0.15) is 52.2 Å². The zero-order valence-electron chi connectivity index (χ0n) is 18.3. The van der Waals surface area contributed by atoms with Crippen molar-refractivity contribution in [3.63, 3.8) is 0 Å². The molecule has 1 aromatic carbocycles. The smallest absolute Gasteiger partial charge is 0.410 e. The Balaban J connectivity index is 1.69. The topological polar surface area (TPSA) is 36.0 Å². The number of nitrogens with zero attached hydrogens (tertiary/aromatic N) is 3. The van der Waals surface area contributed by atoms with E-state index in [4.69, 9.17) is 4.74 Å². The first-order valence-electron chi connectivity index (χ1n) is 10.9. The number of anilines is 1. The molecule has 1 atom stereocenters. The molecule has 5 nitrogen and oxygen atoms in total. The summed E-state index contributed by atoms with van der Waals surface area (Å²) in [6.45, 7) is 15.7. The summed E-state index contributed by atoms with van der Waals surface area (Å²) in [4.78, 5) is 19.3. The van der Waals surface area contributed by atoms with Gasteiger partial charge in [-0.25, -0.2) is 4.79 Å². The molecular formula is C23H37N3O2. The summed E-state index contributed by atoms with van der Waals surface area (Å²) in [7, 11) is 0. The number of carbonyl (C=O) groups excluding carboxylic acids is 1. The van der Waals surface area contributed by atoms with E-state index < -0.39 is 5.60 Å². The first-order chi connectivity index (χ1) is 13.3. The lowest BCUT2D eigenvalue weighted by Crippen LogP contribution is -2.50. The van der Waals surface area contributed by atoms with Crippen LogP contribution in [0, 0.1) is 0 Å². The molecule has 1 fully saturated rings. The fourth-order valence-electron chi connectivity index (χ4n) is 4.56. The second-order valence-electron chi connectivity index (χ2n) is 8.99. The molecule has 0 spiro atoms. The van der Waals surface area contributed by atoms with Crippen molar-refractivity contribution in [3.05, 3.63) is 29.3 Å². The number of amides is 1. The second-order valence-corrected chi connectivity index (χ2v) is 8.99. The van der Waals surface area contributed by atoms with Crippen LogP contribution < -0.4 is 4.90 Å². The zero-order chi connectivity index (χ0) is 20.3. The van der Waals surface area contributed by atoms with Gasteiger partial charge in [0.05, 0.1) is 0 Å². The van der Waals surface area contributed by atoms with Crippen molar-refractivity contribution in [1.82, 2.24) is 9.80 Å². The van der Waals surface area contributed by atoms with Gasteiger partial charge < -0.3 is 19.4 Å². The maximum absolute atomic E-state index is 12.4. The maximum atomic E-state index is 12.4. The Hall–Kier alpha value is -1.75. The molecule has 28 heavy (non-hydrogen) atoms. The minimum Gasteiger partial charge on any atom is -0.444 e. The number of carbonyl (C=O) groups is 1. The number of ether oxygens (including phenoxy) is 1. The van der Waals surface area contributed by atoms with Crippen molar-refractivity contribution in [1.29, 1.82) is 0 Å². The van der Waals surface area contributed by atoms with Crippen molar-refractivity contribution in [3.8, 4) is 0 Å². The SMILES string of the molecule is CCN(CC)[C@H]1CCc2cccc(N3CCN(C(=O)OC(C)(C)C)CC3)c2C1. The lowest BCUT2D eigenvalue weighted by Gasteiger charge is -2.40. The predicted octanol–water partition coefficient (Wildman–Crippen LogP) is 3.94. The van der Waals surface area contributed by atoms with Gasteiger partial charge in [0.1, 0.15) is 5.60 Å². The highest BCUT2D eigenvalue weighted by atomic mass is 16.6. The minimum absolute atomic E-state index is 0.191. The average Bonchev–Trinajstić information content (AvgIpc) is 2.67. The van der Waals surface area contributed by atoms with Crippen molar-refractivity contribution in [2.75, 3.05) is 44.2 Å². The Morgan fingerprint density at radius 1 is 1.14 bits per heavy atom. The van der Waals surface area contributed by atoms with Gasteiger partial charge in [-0.1, -0.05) is 26.0 Å². The van der Waals surface area contributed by atoms with Crippen molar-refractivity contribution in [2.45, 2.75) is 65.5 Å². The molecule has 0 bridgehead atoms. The van der Waals surface area contributed by atoms with Crippen LogP contribution in [0.15, 0.2) is 18.2 Å². The fourth-order valence-corrected chi connectivity index (χ4v) is 4.56. The number of hydrogen-bond donors (Lipinski definition) is 0. The summed E-state index contributed by atoms with van der Waals surface area (Å²) in [6, 6.07) is 7.42. The van der Waals surface area contributed by atoms with Crippen LogP contribution in [-0.4, -0.2) is 66.8 Å². The molecule has 1 amide bonds. The predicted molar refractivity (Wildman–Crippen MR) is 115 cm³/mol. The van der Waals surface area contributed by atoms with E-state index in [0.29, 0.717) is 6.04 Å². The van der Waals surface area contributed by atoms with Crippen LogP contribution in [0.3, 0.4) is 0 Å². The number of rotatable bonds is 4. The lowest BCUT2D eigenvalue weighted by molar-refractivity contribution is 0.0240. The number of benzene rings is 1. The minimum atomic E-state index is -0.438. The van der Waals surface area contributed by atoms with E-state index in [1.165, 1.54) is 29.7 Å². The Labute approximate surface area is 170 Å². The van der Waals surface area contributed by atoms with Gasteiger partial charge >= 0.3 is 6.09 Å². The standard InChI is InChI=1S/C23H37N3O2/c1-6-24(7-2)19-12-11-18-9-8-10-21(20(18)17-19)25-13-15-26(16-14-25)22(27)28-23(3,4)5/h8-10,19H,6-7,11-17H2,1-5H3/t19-/m0/s1. The van der Waals surface area contributed by atoms with Crippen LogP contribution in [0.2, 0.25) is 0 Å². The molecule has 0 aromatic heterocycles. The molecule has 0 N–H and O–H groups in total. The first kappa shape index (κ1) is 21.0. The van der Waals surface area contributed by atoms with Crippen molar-refractivity contribution >= 4 is 11.8 Å². The van der Waals surface area contributed by atoms with Gasteiger partial charge in [0.2, 0.25) is 0 Å². The first-order valence-corrected chi connectivity index (χ1v) is 10.9. The van der Waals surface area contributed by atoms with Gasteiger partial charge in [0.15, 0.2) is 0 Å². The number of fused-ring (bicyclic) bond motifs is 1. The van der Waals surface area contributed by atoms with Gasteiger partial charge in [0, 0.05) is 37.9 Å². The van der Waals surface area contributed by atoms with Crippen LogP contribution in [0.25, 0.3) is 0 Å². The van der Waals surface area contributed by atoms with Crippen molar-refractivity contribution < 1.29 is 9.53 Å². The molecule has 0 unspecified atom stereocenters. The summed E-state index contributed by atoms with van der Waals surface area (Å²) in [5, 5.41) is 0. The Morgan fingerprint density at radius 3 is 2.43 bits per heavy atom. The Kier molecular flexibility index (Phi) is 6.54. The van der Waals surface area contributed by atoms with Gasteiger partial charge in [-0.3, -0.25) is 0 Å². The molecule has 1 aliphatic carbocycles. The monoisotopic (exact) mass is 387 g/mol. The molecule has 0 saturated carbocycles. The van der Waals surface area contributed by atoms with E-state index in [1.807, 2.05) is 25.7 Å². The second kappa shape index (κ2) is 8.73. The lowest BCUT2D eigenvalue weighted by atomic mass is 9.86. The number of aryl methyl sites for hydroxylation is 1. The summed E-state index contributed by atoms with van der Waals surface area (Å²) in [5.74, 6) is 0. The highest BCUT2D eigenvalue weighted by Gasteiger charge is 2.29. The van der Waals surface area contributed by atoms with E-state index in [2.05, 4.69) is 41.8 Å². The van der Waals surface area contributed by atoms with E-state index in [-0.39, 0.29) is 6.09 Å². The molecule has 1 aromatic rings. The largest absolute Gasteiger partial charge is 0.444 e. The molecule has 1 aliphatic heterocycles. The third-order valence-corrected chi connectivity index (χ3v) is 6.04. The summed E-state index contributed by atoms with van der Waals surface area (Å²) < 4.78 is 5.54. The van der Waals surface area contributed by atoms with Crippen LogP contribution >= 0.6 is 0 Å². The maximum Gasteiger partial charge on any atom is 0.410 e. The molecule has 0 radical (unpaired) electrons. The molecule has 1 heterocycles. The number of hydrogen-bond acceptors (Lipinski definition) is 4. The highest BCUT2D eigenvalue weighted by Crippen LogP contribution is 2.33. The molecule has 156 valence electrons. The summed E-state index contributed by atoms with van der Waals surface area (Å²) >= 11 is 0. The highest BCUT2D eigenvalue weighted by molar-refractivity contribution is 5.69. The molecule has 1 saturated heterocycles. The Morgan fingerprint density at radius 2 is 1.82 bits per heavy atom. The van der Waals surface area contributed by atoms with Gasteiger partial charge in [-0.15, -0.1) is 0 Å². The number of piperazine rings is 1. The quantitative estimate of drug-likeness (QED) is 0.784. The van der Waals surface area contributed by atoms with Crippen LogP contribution in [0.5, 0.6) is 0 Å². The zero-order valence-corrected chi connectivity index (χ0v) is 18.3.